The van der Waals surface area contributed by atoms with Gasteiger partial charge in [-0.05, 0) is 64.2 Å². The smallest absolute Gasteiger partial charge is 0.407 e. The van der Waals surface area contributed by atoms with Crippen LogP contribution in [-0.4, -0.2) is 29.5 Å². The third-order valence-electron chi connectivity index (χ3n) is 4.18. The lowest BCUT2D eigenvalue weighted by atomic mass is 10.0. The van der Waals surface area contributed by atoms with Crippen molar-refractivity contribution in [3.05, 3.63) is 23.3 Å². The van der Waals surface area contributed by atoms with E-state index in [1.807, 2.05) is 39.5 Å². The Hall–Kier alpha value is -1.36. The predicted molar refractivity (Wildman–Crippen MR) is 95.4 cm³/mol. The Kier molecular flexibility index (Phi) is 4.50. The maximum atomic E-state index is 11.9. The number of alkyl carbamates (subject to hydrolysis) is 1. The number of amides is 1. The molecular formula is C18H26N2O2S. The van der Waals surface area contributed by atoms with Gasteiger partial charge in [-0.15, -0.1) is 11.8 Å². The van der Waals surface area contributed by atoms with Crippen molar-refractivity contribution in [2.75, 3.05) is 11.1 Å². The van der Waals surface area contributed by atoms with Gasteiger partial charge < -0.3 is 15.4 Å². The summed E-state index contributed by atoms with van der Waals surface area (Å²) in [6, 6.07) is 4.98. The molecule has 1 amide bonds. The first-order valence-electron chi connectivity index (χ1n) is 8.35. The zero-order valence-electron chi connectivity index (χ0n) is 14.4. The summed E-state index contributed by atoms with van der Waals surface area (Å²) < 4.78 is 5.32. The number of rotatable bonds is 3. The van der Waals surface area contributed by atoms with Crippen LogP contribution in [-0.2, 0) is 17.6 Å². The molecule has 0 radical (unpaired) electrons. The zero-order valence-corrected chi connectivity index (χ0v) is 15.2. The zero-order chi connectivity index (χ0) is 16.6. The van der Waals surface area contributed by atoms with Crippen LogP contribution in [0.4, 0.5) is 10.5 Å². The van der Waals surface area contributed by atoms with E-state index in [1.54, 1.807) is 0 Å². The summed E-state index contributed by atoms with van der Waals surface area (Å²) in [4.78, 5) is 13.3. The molecule has 0 saturated heterocycles. The van der Waals surface area contributed by atoms with Crippen LogP contribution >= 0.6 is 11.8 Å². The lowest BCUT2D eigenvalue weighted by Gasteiger charge is -2.23. The van der Waals surface area contributed by atoms with Gasteiger partial charge in [0.1, 0.15) is 5.60 Å². The van der Waals surface area contributed by atoms with Crippen LogP contribution in [0.15, 0.2) is 17.0 Å². The second kappa shape index (κ2) is 6.27. The molecule has 0 aliphatic carbocycles. The van der Waals surface area contributed by atoms with E-state index in [0.29, 0.717) is 6.04 Å². The summed E-state index contributed by atoms with van der Waals surface area (Å²) in [5, 5.41) is 6.62. The molecule has 3 rings (SSSR count). The summed E-state index contributed by atoms with van der Waals surface area (Å²) >= 11 is 1.95. The van der Waals surface area contributed by atoms with Crippen LogP contribution in [0, 0.1) is 0 Å². The molecule has 0 spiro atoms. The van der Waals surface area contributed by atoms with Gasteiger partial charge in [0, 0.05) is 28.4 Å². The van der Waals surface area contributed by atoms with Crippen molar-refractivity contribution < 1.29 is 9.53 Å². The molecule has 23 heavy (non-hydrogen) atoms. The van der Waals surface area contributed by atoms with Crippen LogP contribution in [0.3, 0.4) is 0 Å². The Bertz CT molecular complexity index is 610. The second-order valence-electron chi connectivity index (χ2n) is 7.50. The number of thioether (sulfide) groups is 1. The number of ether oxygens (including phenoxy) is 1. The number of hydrogen-bond acceptors (Lipinski definition) is 4. The number of carbonyl (C=O) groups excluding carboxylic acids is 1. The highest BCUT2D eigenvalue weighted by Crippen LogP contribution is 2.41. The average molecular weight is 334 g/mol. The molecule has 1 aromatic rings. The van der Waals surface area contributed by atoms with Crippen molar-refractivity contribution in [1.29, 1.82) is 0 Å². The Balaban J connectivity index is 1.55. The van der Waals surface area contributed by atoms with Crippen LogP contribution < -0.4 is 10.6 Å². The van der Waals surface area contributed by atoms with Crippen molar-refractivity contribution in [3.63, 3.8) is 0 Å². The number of fused-ring (bicyclic) bond motifs is 3. The van der Waals surface area contributed by atoms with E-state index in [9.17, 15) is 4.79 Å². The third-order valence-corrected chi connectivity index (χ3v) is 5.28. The van der Waals surface area contributed by atoms with E-state index >= 15 is 0 Å². The minimum atomic E-state index is -0.454. The van der Waals surface area contributed by atoms with Gasteiger partial charge >= 0.3 is 6.09 Å². The number of benzene rings is 1. The molecule has 1 unspecified atom stereocenters. The molecular weight excluding hydrogens is 308 g/mol. The SMILES string of the molecule is CC(C[C@@H]1Cc2ccc3c(c2N1)CCS3)NC(=O)OC(C)(C)C. The molecule has 5 heteroatoms. The van der Waals surface area contributed by atoms with Gasteiger partial charge in [-0.1, -0.05) is 6.07 Å². The molecule has 0 aromatic heterocycles. The topological polar surface area (TPSA) is 50.4 Å². The van der Waals surface area contributed by atoms with Crippen LogP contribution in [0.25, 0.3) is 0 Å². The molecule has 4 nitrogen and oxygen atoms in total. The standard InChI is InChI=1S/C18H26N2O2S/c1-11(19-17(21)22-18(2,3)4)9-13-10-12-5-6-15-14(7-8-23-15)16(12)20-13/h5-6,11,13,20H,7-10H2,1-4H3,(H,19,21)/t11?,13-/m1/s1. The van der Waals surface area contributed by atoms with Crippen molar-refractivity contribution in [1.82, 2.24) is 5.32 Å². The second-order valence-corrected chi connectivity index (χ2v) is 8.64. The third kappa shape index (κ3) is 3.94. The molecule has 2 N–H and O–H groups in total. The number of hydrogen-bond donors (Lipinski definition) is 2. The molecule has 0 bridgehead atoms. The van der Waals surface area contributed by atoms with Gasteiger partial charge in [-0.2, -0.15) is 0 Å². The molecule has 2 heterocycles. The van der Waals surface area contributed by atoms with E-state index in [2.05, 4.69) is 22.8 Å². The van der Waals surface area contributed by atoms with Gasteiger partial charge in [-0.25, -0.2) is 4.79 Å². The van der Waals surface area contributed by atoms with Gasteiger partial charge in [0.25, 0.3) is 0 Å². The molecule has 2 aliphatic rings. The number of anilines is 1. The Morgan fingerprint density at radius 1 is 1.48 bits per heavy atom. The first kappa shape index (κ1) is 16.5. The molecule has 1 aromatic carbocycles. The quantitative estimate of drug-likeness (QED) is 0.878. The van der Waals surface area contributed by atoms with Gasteiger partial charge in [-0.3, -0.25) is 0 Å². The minimum Gasteiger partial charge on any atom is -0.444 e. The summed E-state index contributed by atoms with van der Waals surface area (Å²) in [7, 11) is 0. The maximum Gasteiger partial charge on any atom is 0.407 e. The fourth-order valence-corrected chi connectivity index (χ4v) is 4.40. The van der Waals surface area contributed by atoms with Gasteiger partial charge in [0.05, 0.1) is 0 Å². The van der Waals surface area contributed by atoms with Crippen LogP contribution in [0.1, 0.15) is 45.2 Å². The van der Waals surface area contributed by atoms with Gasteiger partial charge in [0.2, 0.25) is 0 Å². The van der Waals surface area contributed by atoms with Crippen molar-refractivity contribution in [3.8, 4) is 0 Å². The van der Waals surface area contributed by atoms with E-state index < -0.39 is 5.60 Å². The van der Waals surface area contributed by atoms with E-state index in [0.717, 1.165) is 19.3 Å². The van der Waals surface area contributed by atoms with Crippen molar-refractivity contribution >= 4 is 23.5 Å². The lowest BCUT2D eigenvalue weighted by Crippen LogP contribution is -2.40. The summed E-state index contributed by atoms with van der Waals surface area (Å²) in [6.07, 6.45) is 2.76. The lowest BCUT2D eigenvalue weighted by molar-refractivity contribution is 0.0505. The minimum absolute atomic E-state index is 0.0825. The Morgan fingerprint density at radius 2 is 2.26 bits per heavy atom. The molecule has 2 aliphatic heterocycles. The summed E-state index contributed by atoms with van der Waals surface area (Å²) in [5.41, 5.74) is 3.80. The summed E-state index contributed by atoms with van der Waals surface area (Å²) in [5.74, 6) is 1.19. The normalized spacial score (nSPS) is 20.4. The number of carbonyl (C=O) groups is 1. The van der Waals surface area contributed by atoms with Gasteiger partial charge in [0.15, 0.2) is 0 Å². The van der Waals surface area contributed by atoms with Crippen molar-refractivity contribution in [2.45, 2.75) is 69.5 Å². The molecule has 0 fully saturated rings. The van der Waals surface area contributed by atoms with Crippen molar-refractivity contribution in [2.24, 2.45) is 0 Å². The monoisotopic (exact) mass is 334 g/mol. The fraction of sp³-hybridized carbons (Fsp3) is 0.611. The van der Waals surface area contributed by atoms with Crippen LogP contribution in [0.5, 0.6) is 0 Å². The molecule has 0 saturated carbocycles. The van der Waals surface area contributed by atoms with E-state index in [-0.39, 0.29) is 12.1 Å². The first-order valence-corrected chi connectivity index (χ1v) is 9.34. The maximum absolute atomic E-state index is 11.9. The molecule has 126 valence electrons. The highest BCUT2D eigenvalue weighted by molar-refractivity contribution is 7.99. The largest absolute Gasteiger partial charge is 0.444 e. The first-order chi connectivity index (χ1) is 10.8. The highest BCUT2D eigenvalue weighted by atomic mass is 32.2. The molecule has 2 atom stereocenters. The van der Waals surface area contributed by atoms with E-state index in [4.69, 9.17) is 4.74 Å². The van der Waals surface area contributed by atoms with Crippen LogP contribution in [0.2, 0.25) is 0 Å². The highest BCUT2D eigenvalue weighted by Gasteiger charge is 2.28. The number of nitrogens with one attached hydrogen (secondary N) is 2. The predicted octanol–water partition coefficient (Wildman–Crippen LogP) is 3.97. The van der Waals surface area contributed by atoms with E-state index in [1.165, 1.54) is 27.5 Å². The Labute approximate surface area is 142 Å². The fourth-order valence-electron chi connectivity index (χ4n) is 3.33. The average Bonchev–Trinajstić information content (AvgIpc) is 2.99. The summed E-state index contributed by atoms with van der Waals surface area (Å²) in [6.45, 7) is 7.68. The Morgan fingerprint density at radius 3 is 3.00 bits per heavy atom.